The summed E-state index contributed by atoms with van der Waals surface area (Å²) in [5.41, 5.74) is 5.31. The maximum Gasteiger partial charge on any atom is 0.345 e. The van der Waals surface area contributed by atoms with Gasteiger partial charge in [0.25, 0.3) is 0 Å². The van der Waals surface area contributed by atoms with Crippen molar-refractivity contribution in [2.45, 2.75) is 65.2 Å². The zero-order chi connectivity index (χ0) is 20.6. The number of nitrogens with zero attached hydrogens (tertiary/aromatic N) is 1. The number of unbranched alkanes of at least 4 members (excludes halogenated alkanes) is 3. The number of carbonyl (C=O) groups is 1. The molecule has 0 radical (unpaired) electrons. The highest BCUT2D eigenvalue weighted by Crippen LogP contribution is 2.22. The number of aromatic carboxylic acids is 1. The minimum Gasteiger partial charge on any atom is -0.477 e. The first-order valence-electron chi connectivity index (χ1n) is 10.7. The van der Waals surface area contributed by atoms with Gasteiger partial charge in [-0.2, -0.15) is 0 Å². The summed E-state index contributed by atoms with van der Waals surface area (Å²) in [4.78, 5) is 12.6. The van der Waals surface area contributed by atoms with Crippen LogP contribution >= 0.6 is 11.3 Å². The van der Waals surface area contributed by atoms with Gasteiger partial charge in [-0.1, -0.05) is 38.3 Å². The third-order valence-corrected chi connectivity index (χ3v) is 6.53. The molecule has 0 bridgehead atoms. The Kier molecular flexibility index (Phi) is 7.70. The highest BCUT2D eigenvalue weighted by atomic mass is 32.1. The van der Waals surface area contributed by atoms with E-state index in [-0.39, 0.29) is 0 Å². The number of hydrogen-bond acceptors (Lipinski definition) is 2. The molecule has 0 amide bonds. The van der Waals surface area contributed by atoms with Crippen LogP contribution in [0.15, 0.2) is 48.7 Å². The van der Waals surface area contributed by atoms with Crippen molar-refractivity contribution in [1.29, 1.82) is 0 Å². The number of thiophene rings is 1. The molecule has 0 aliphatic carbocycles. The number of carboxylic acids is 1. The summed E-state index contributed by atoms with van der Waals surface area (Å²) in [6.07, 6.45) is 11.4. The van der Waals surface area contributed by atoms with Crippen LogP contribution in [0, 0.1) is 6.92 Å². The van der Waals surface area contributed by atoms with Gasteiger partial charge in [-0.25, -0.2) is 4.79 Å². The van der Waals surface area contributed by atoms with Crippen molar-refractivity contribution in [2.24, 2.45) is 0 Å². The van der Waals surface area contributed by atoms with E-state index < -0.39 is 5.97 Å². The molecular weight excluding hydrogens is 378 g/mol. The molecule has 0 unspecified atom stereocenters. The van der Waals surface area contributed by atoms with E-state index in [0.717, 1.165) is 24.1 Å². The predicted molar refractivity (Wildman–Crippen MR) is 122 cm³/mol. The first-order chi connectivity index (χ1) is 14.1. The van der Waals surface area contributed by atoms with Crippen molar-refractivity contribution < 1.29 is 9.90 Å². The molecule has 3 aromatic rings. The molecular formula is C25H31NO2S. The molecule has 29 heavy (non-hydrogen) atoms. The largest absolute Gasteiger partial charge is 0.477 e. The number of hydrogen-bond donors (Lipinski definition) is 1. The van der Waals surface area contributed by atoms with Gasteiger partial charge in [0, 0.05) is 22.5 Å². The lowest BCUT2D eigenvalue weighted by molar-refractivity contribution is 0.0702. The van der Waals surface area contributed by atoms with E-state index in [2.05, 4.69) is 54.9 Å². The van der Waals surface area contributed by atoms with Crippen LogP contribution in [0.5, 0.6) is 0 Å². The van der Waals surface area contributed by atoms with Gasteiger partial charge in [-0.3, -0.25) is 0 Å². The molecule has 0 atom stereocenters. The van der Waals surface area contributed by atoms with Crippen molar-refractivity contribution in [3.05, 3.63) is 75.2 Å². The van der Waals surface area contributed by atoms with Crippen molar-refractivity contribution in [3.8, 4) is 5.69 Å². The highest BCUT2D eigenvalue weighted by Gasteiger charge is 2.09. The van der Waals surface area contributed by atoms with E-state index >= 15 is 0 Å². The molecule has 0 aliphatic heterocycles. The second-order valence-electron chi connectivity index (χ2n) is 7.73. The number of carboxylic acid groups (broad SMARTS) is 1. The van der Waals surface area contributed by atoms with Crippen LogP contribution in [-0.2, 0) is 19.3 Å². The molecule has 3 rings (SSSR count). The SMILES string of the molecule is CCCCCCc1ccc(-n2cccc2CCCc2ccc(C(=O)O)s2)c(C)c1. The Bertz CT molecular complexity index is 938. The molecule has 2 heterocycles. The van der Waals surface area contributed by atoms with E-state index in [1.807, 2.05) is 6.07 Å². The zero-order valence-corrected chi connectivity index (χ0v) is 18.3. The van der Waals surface area contributed by atoms with Gasteiger partial charge in [0.1, 0.15) is 4.88 Å². The lowest BCUT2D eigenvalue weighted by Gasteiger charge is -2.14. The van der Waals surface area contributed by atoms with Crippen LogP contribution in [0.1, 0.15) is 70.4 Å². The molecule has 0 spiro atoms. The Morgan fingerprint density at radius 3 is 2.59 bits per heavy atom. The first kappa shape index (κ1) is 21.4. The fourth-order valence-electron chi connectivity index (χ4n) is 3.83. The average molecular weight is 410 g/mol. The predicted octanol–water partition coefficient (Wildman–Crippen LogP) is 6.84. The molecule has 1 aromatic carbocycles. The molecule has 0 fully saturated rings. The Hall–Kier alpha value is -2.33. The molecule has 0 saturated carbocycles. The summed E-state index contributed by atoms with van der Waals surface area (Å²) in [5.74, 6) is -0.834. The summed E-state index contributed by atoms with van der Waals surface area (Å²) in [6.45, 7) is 4.45. The van der Waals surface area contributed by atoms with Gasteiger partial charge in [0.2, 0.25) is 0 Å². The average Bonchev–Trinajstić information content (AvgIpc) is 3.35. The third kappa shape index (κ3) is 5.83. The molecule has 3 nitrogen and oxygen atoms in total. The van der Waals surface area contributed by atoms with Gasteiger partial charge in [0.05, 0.1) is 0 Å². The maximum absolute atomic E-state index is 11.0. The molecule has 4 heteroatoms. The van der Waals surface area contributed by atoms with Crippen molar-refractivity contribution in [2.75, 3.05) is 0 Å². The minimum absolute atomic E-state index is 0.425. The van der Waals surface area contributed by atoms with Gasteiger partial charge < -0.3 is 9.67 Å². The van der Waals surface area contributed by atoms with Crippen LogP contribution in [0.2, 0.25) is 0 Å². The number of rotatable bonds is 11. The molecule has 2 aromatic heterocycles. The van der Waals surface area contributed by atoms with Crippen LogP contribution in [0.25, 0.3) is 5.69 Å². The van der Waals surface area contributed by atoms with Crippen LogP contribution in [-0.4, -0.2) is 15.6 Å². The minimum atomic E-state index is -0.834. The summed E-state index contributed by atoms with van der Waals surface area (Å²) in [6, 6.07) is 14.8. The third-order valence-electron chi connectivity index (χ3n) is 5.40. The monoisotopic (exact) mass is 409 g/mol. The molecule has 0 aliphatic rings. The Morgan fingerprint density at radius 1 is 1.00 bits per heavy atom. The topological polar surface area (TPSA) is 42.2 Å². The second kappa shape index (κ2) is 10.4. The normalized spacial score (nSPS) is 11.1. The number of aryl methyl sites for hydroxylation is 4. The van der Waals surface area contributed by atoms with Crippen molar-refractivity contribution in [3.63, 3.8) is 0 Å². The Morgan fingerprint density at radius 2 is 1.86 bits per heavy atom. The molecule has 0 saturated heterocycles. The standard InChI is InChI=1S/C25H31NO2S/c1-3-4-5-6-9-20-13-15-23(19(2)18-20)26-17-8-11-21(26)10-7-12-22-14-16-24(29-22)25(27)28/h8,11,13-18H,3-7,9-10,12H2,1-2H3,(H,27,28). The van der Waals surface area contributed by atoms with E-state index in [1.54, 1.807) is 6.07 Å². The van der Waals surface area contributed by atoms with Gasteiger partial charge in [-0.05, 0) is 80.5 Å². The highest BCUT2D eigenvalue weighted by molar-refractivity contribution is 7.13. The Labute approximate surface area is 178 Å². The van der Waals surface area contributed by atoms with E-state index in [9.17, 15) is 4.79 Å². The fraction of sp³-hybridized carbons (Fsp3) is 0.400. The lowest BCUT2D eigenvalue weighted by atomic mass is 10.0. The first-order valence-corrected chi connectivity index (χ1v) is 11.5. The zero-order valence-electron chi connectivity index (χ0n) is 17.5. The number of benzene rings is 1. The second-order valence-corrected chi connectivity index (χ2v) is 8.89. The summed E-state index contributed by atoms with van der Waals surface area (Å²) in [5, 5.41) is 9.06. The van der Waals surface area contributed by atoms with Crippen LogP contribution in [0.4, 0.5) is 0 Å². The Balaban J connectivity index is 1.60. The summed E-state index contributed by atoms with van der Waals surface area (Å²) < 4.78 is 2.30. The molecule has 1 N–H and O–H groups in total. The quantitative estimate of drug-likeness (QED) is 0.352. The summed E-state index contributed by atoms with van der Waals surface area (Å²) in [7, 11) is 0. The van der Waals surface area contributed by atoms with Gasteiger partial charge >= 0.3 is 5.97 Å². The maximum atomic E-state index is 11.0. The van der Waals surface area contributed by atoms with Gasteiger partial charge in [0.15, 0.2) is 0 Å². The number of aromatic nitrogens is 1. The van der Waals surface area contributed by atoms with E-state index in [0.29, 0.717) is 4.88 Å². The van der Waals surface area contributed by atoms with Crippen LogP contribution in [0.3, 0.4) is 0 Å². The van der Waals surface area contributed by atoms with Crippen LogP contribution < -0.4 is 0 Å². The van der Waals surface area contributed by atoms with Crippen molar-refractivity contribution >= 4 is 17.3 Å². The van der Waals surface area contributed by atoms with E-state index in [1.165, 1.54) is 65.9 Å². The molecule has 154 valence electrons. The summed E-state index contributed by atoms with van der Waals surface area (Å²) >= 11 is 1.39. The fourth-order valence-corrected chi connectivity index (χ4v) is 4.71. The van der Waals surface area contributed by atoms with Gasteiger partial charge in [-0.15, -0.1) is 11.3 Å². The lowest BCUT2D eigenvalue weighted by Crippen LogP contribution is -2.02. The van der Waals surface area contributed by atoms with E-state index in [4.69, 9.17) is 5.11 Å². The smallest absolute Gasteiger partial charge is 0.345 e. The van der Waals surface area contributed by atoms with Crippen molar-refractivity contribution in [1.82, 2.24) is 4.57 Å².